The maximum absolute atomic E-state index is 9.87. The number of hydrogen-bond acceptors (Lipinski definition) is 1. The predicted molar refractivity (Wildman–Crippen MR) is 124 cm³/mol. The Balaban J connectivity index is 1.58. The minimum atomic E-state index is -0.0921. The third-order valence-electron chi connectivity index (χ3n) is 6.96. The highest BCUT2D eigenvalue weighted by atomic mass is 14.4. The first-order valence-corrected chi connectivity index (χ1v) is 11.8. The van der Waals surface area contributed by atoms with Gasteiger partial charge in [-0.1, -0.05) is 94.5 Å². The highest BCUT2D eigenvalue weighted by molar-refractivity contribution is 5.64. The van der Waals surface area contributed by atoms with Gasteiger partial charge in [-0.15, -0.1) is 0 Å². The van der Waals surface area contributed by atoms with Gasteiger partial charge in [-0.2, -0.15) is 5.26 Å². The zero-order chi connectivity index (χ0) is 20.5. The van der Waals surface area contributed by atoms with Gasteiger partial charge in [0.15, 0.2) is 0 Å². The van der Waals surface area contributed by atoms with Crippen LogP contribution in [0.1, 0.15) is 82.8 Å². The maximum Gasteiger partial charge on any atom is 0.0689 e. The lowest BCUT2D eigenvalue weighted by molar-refractivity contribution is 0.183. The zero-order valence-corrected chi connectivity index (χ0v) is 18.4. The summed E-state index contributed by atoms with van der Waals surface area (Å²) in [6.45, 7) is 4.53. The van der Waals surface area contributed by atoms with Crippen molar-refractivity contribution in [1.29, 1.82) is 5.26 Å². The van der Waals surface area contributed by atoms with E-state index in [2.05, 4.69) is 68.4 Å². The summed E-state index contributed by atoms with van der Waals surface area (Å²) in [5.41, 5.74) is 5.29. The standard InChI is InChI=1S/C28H37N/c1-3-5-6-8-24-10-14-26(15-11-24)27-16-12-25(13-17-27)18-20-28(22-29)19-7-9-23(4-2)21-28/h10-17,23H,3-9,18-21H2,1-2H3. The number of hydrogen-bond donors (Lipinski definition) is 0. The Morgan fingerprint density at radius 3 is 2.07 bits per heavy atom. The first-order chi connectivity index (χ1) is 14.2. The molecule has 154 valence electrons. The fourth-order valence-corrected chi connectivity index (χ4v) is 4.91. The SMILES string of the molecule is CCCCCc1ccc(-c2ccc(CCC3(C#N)CCCC(CC)C3)cc2)cc1. The largest absolute Gasteiger partial charge is 0.198 e. The van der Waals surface area contributed by atoms with E-state index in [4.69, 9.17) is 0 Å². The second-order valence-electron chi connectivity index (χ2n) is 9.11. The molecule has 0 radical (unpaired) electrons. The molecule has 1 fully saturated rings. The second kappa shape index (κ2) is 10.6. The summed E-state index contributed by atoms with van der Waals surface area (Å²) in [5.74, 6) is 0.746. The molecule has 0 spiro atoms. The van der Waals surface area contributed by atoms with Crippen LogP contribution in [-0.4, -0.2) is 0 Å². The third-order valence-corrected chi connectivity index (χ3v) is 6.96. The van der Waals surface area contributed by atoms with Gasteiger partial charge in [0, 0.05) is 0 Å². The van der Waals surface area contributed by atoms with E-state index in [1.54, 1.807) is 0 Å². The Labute approximate surface area is 178 Å². The molecule has 2 atom stereocenters. The molecule has 0 aliphatic heterocycles. The van der Waals surface area contributed by atoms with E-state index in [9.17, 15) is 5.26 Å². The fraction of sp³-hybridized carbons (Fsp3) is 0.536. The summed E-state index contributed by atoms with van der Waals surface area (Å²) in [7, 11) is 0. The minimum Gasteiger partial charge on any atom is -0.198 e. The molecule has 2 unspecified atom stereocenters. The molecule has 2 aromatic rings. The Hall–Kier alpha value is -2.07. The van der Waals surface area contributed by atoms with Crippen molar-refractivity contribution in [2.45, 2.75) is 84.5 Å². The number of rotatable bonds is 9. The quantitative estimate of drug-likeness (QED) is 0.398. The van der Waals surface area contributed by atoms with Gasteiger partial charge in [-0.05, 0) is 66.7 Å². The van der Waals surface area contributed by atoms with E-state index in [0.29, 0.717) is 0 Å². The highest BCUT2D eigenvalue weighted by Gasteiger charge is 2.35. The molecule has 0 bridgehead atoms. The van der Waals surface area contributed by atoms with Crippen molar-refractivity contribution in [3.8, 4) is 17.2 Å². The topological polar surface area (TPSA) is 23.8 Å². The first kappa shape index (κ1) is 21.6. The van der Waals surface area contributed by atoms with Crippen molar-refractivity contribution in [2.75, 3.05) is 0 Å². The lowest BCUT2D eigenvalue weighted by atomic mass is 9.67. The van der Waals surface area contributed by atoms with Crippen LogP contribution >= 0.6 is 0 Å². The Morgan fingerprint density at radius 1 is 0.897 bits per heavy atom. The number of benzene rings is 2. The summed E-state index contributed by atoms with van der Waals surface area (Å²) in [6, 6.07) is 20.8. The summed E-state index contributed by atoms with van der Waals surface area (Å²) in [4.78, 5) is 0. The second-order valence-corrected chi connectivity index (χ2v) is 9.11. The van der Waals surface area contributed by atoms with E-state index in [1.807, 2.05) is 0 Å². The Morgan fingerprint density at radius 2 is 1.52 bits per heavy atom. The highest BCUT2D eigenvalue weighted by Crippen LogP contribution is 2.43. The van der Waals surface area contributed by atoms with Crippen LogP contribution in [0.15, 0.2) is 48.5 Å². The molecule has 1 nitrogen and oxygen atoms in total. The molecule has 0 N–H and O–H groups in total. The van der Waals surface area contributed by atoms with Gasteiger partial charge in [0.1, 0.15) is 0 Å². The molecule has 0 heterocycles. The van der Waals surface area contributed by atoms with Crippen LogP contribution in [0.4, 0.5) is 0 Å². The third kappa shape index (κ3) is 5.96. The van der Waals surface area contributed by atoms with Gasteiger partial charge in [-0.3, -0.25) is 0 Å². The molecule has 0 saturated heterocycles. The van der Waals surface area contributed by atoms with Crippen LogP contribution in [-0.2, 0) is 12.8 Å². The molecule has 0 aromatic heterocycles. The number of unbranched alkanes of at least 4 members (excludes halogenated alkanes) is 2. The van der Waals surface area contributed by atoms with Crippen molar-refractivity contribution in [2.24, 2.45) is 11.3 Å². The molecule has 1 aliphatic carbocycles. The molecular weight excluding hydrogens is 350 g/mol. The van der Waals surface area contributed by atoms with Gasteiger partial charge >= 0.3 is 0 Å². The normalized spacial score (nSPS) is 21.6. The van der Waals surface area contributed by atoms with Gasteiger partial charge in [0.05, 0.1) is 11.5 Å². The average Bonchev–Trinajstić information content (AvgIpc) is 2.79. The van der Waals surface area contributed by atoms with Crippen molar-refractivity contribution < 1.29 is 0 Å². The molecule has 29 heavy (non-hydrogen) atoms. The van der Waals surface area contributed by atoms with Crippen molar-refractivity contribution in [3.05, 3.63) is 59.7 Å². The van der Waals surface area contributed by atoms with Crippen molar-refractivity contribution in [3.63, 3.8) is 0 Å². The van der Waals surface area contributed by atoms with Crippen LogP contribution in [0.3, 0.4) is 0 Å². The van der Waals surface area contributed by atoms with Crippen molar-refractivity contribution in [1.82, 2.24) is 0 Å². The summed E-state index contributed by atoms with van der Waals surface area (Å²) >= 11 is 0. The number of aryl methyl sites for hydroxylation is 2. The summed E-state index contributed by atoms with van der Waals surface area (Å²) in [5, 5.41) is 9.87. The van der Waals surface area contributed by atoms with Crippen LogP contribution in [0, 0.1) is 22.7 Å². The van der Waals surface area contributed by atoms with E-state index >= 15 is 0 Å². The molecule has 3 rings (SSSR count). The molecule has 1 aliphatic rings. The van der Waals surface area contributed by atoms with Gasteiger partial charge < -0.3 is 0 Å². The Kier molecular flexibility index (Phi) is 7.93. The molecule has 0 amide bonds. The van der Waals surface area contributed by atoms with Gasteiger partial charge in [-0.25, -0.2) is 0 Å². The molecular formula is C28H37N. The van der Waals surface area contributed by atoms with Crippen molar-refractivity contribution >= 4 is 0 Å². The molecule has 1 saturated carbocycles. The molecule has 1 heteroatoms. The summed E-state index contributed by atoms with van der Waals surface area (Å²) in [6.07, 6.45) is 13.0. The monoisotopic (exact) mass is 387 g/mol. The van der Waals surface area contributed by atoms with E-state index in [-0.39, 0.29) is 5.41 Å². The predicted octanol–water partition coefficient (Wildman–Crippen LogP) is 8.13. The number of nitrogens with zero attached hydrogens (tertiary/aromatic N) is 1. The first-order valence-electron chi connectivity index (χ1n) is 11.8. The number of nitriles is 1. The van der Waals surface area contributed by atoms with Crippen LogP contribution in [0.2, 0.25) is 0 Å². The summed E-state index contributed by atoms with van der Waals surface area (Å²) < 4.78 is 0. The lowest BCUT2D eigenvalue weighted by Gasteiger charge is -2.35. The smallest absolute Gasteiger partial charge is 0.0689 e. The minimum absolute atomic E-state index is 0.0921. The fourth-order valence-electron chi connectivity index (χ4n) is 4.91. The van der Waals surface area contributed by atoms with Crippen LogP contribution in [0.5, 0.6) is 0 Å². The van der Waals surface area contributed by atoms with Crippen LogP contribution in [0.25, 0.3) is 11.1 Å². The van der Waals surface area contributed by atoms with E-state index in [1.165, 1.54) is 67.2 Å². The average molecular weight is 388 g/mol. The van der Waals surface area contributed by atoms with E-state index in [0.717, 1.165) is 31.6 Å². The molecule has 2 aromatic carbocycles. The lowest BCUT2D eigenvalue weighted by Crippen LogP contribution is -2.27. The van der Waals surface area contributed by atoms with Gasteiger partial charge in [0.25, 0.3) is 0 Å². The Bertz CT molecular complexity index is 781. The van der Waals surface area contributed by atoms with Gasteiger partial charge in [0.2, 0.25) is 0 Å². The van der Waals surface area contributed by atoms with E-state index < -0.39 is 0 Å². The zero-order valence-electron chi connectivity index (χ0n) is 18.4. The van der Waals surface area contributed by atoms with Crippen LogP contribution < -0.4 is 0 Å². The maximum atomic E-state index is 9.87.